The van der Waals surface area contributed by atoms with Gasteiger partial charge in [0.15, 0.2) is 0 Å². The van der Waals surface area contributed by atoms with Gasteiger partial charge in [0.05, 0.1) is 24.0 Å². The molecule has 0 fully saturated rings. The molecule has 0 aliphatic carbocycles. The predicted octanol–water partition coefficient (Wildman–Crippen LogP) is 6.10. The highest BCUT2D eigenvalue weighted by Gasteiger charge is 2.31. The normalized spacial score (nSPS) is 14.7. The smallest absolute Gasteiger partial charge is 0.231 e. The largest absolute Gasteiger partial charge is 0.370 e. The van der Waals surface area contributed by atoms with Gasteiger partial charge in [-0.1, -0.05) is 79.3 Å². The third-order valence-corrected chi connectivity index (χ3v) is 8.25. The fourth-order valence-corrected chi connectivity index (χ4v) is 6.47. The van der Waals surface area contributed by atoms with E-state index in [1.54, 1.807) is 11.3 Å². The minimum Gasteiger partial charge on any atom is -0.370 e. The number of thioether (sulfide) groups is 1. The van der Waals surface area contributed by atoms with Crippen LogP contribution in [0, 0.1) is 0 Å². The standard InChI is InChI=1S/C28H29N3O2S2/c1-4-22-29-26(24-20-15-28(2,3)33-16-21(20)35-27(24)30-22)34-17-23(32)31-25(18-11-7-5-8-12-18)19-13-9-6-10-14-19/h5-14,25H,4,15-17H2,1-3H3,(H,31,32). The minimum atomic E-state index is -0.220. The van der Waals surface area contributed by atoms with E-state index in [-0.39, 0.29) is 23.3 Å². The highest BCUT2D eigenvalue weighted by atomic mass is 32.2. The number of carbonyl (C=O) groups is 1. The average Bonchev–Trinajstić information content (AvgIpc) is 3.23. The quantitative estimate of drug-likeness (QED) is 0.244. The SMILES string of the molecule is CCc1nc(SCC(=O)NC(c2ccccc2)c2ccccc2)c2c3c(sc2n1)COC(C)(C)C3. The summed E-state index contributed by atoms with van der Waals surface area (Å²) in [5.41, 5.74) is 3.17. The molecule has 0 saturated heterocycles. The molecule has 7 heteroatoms. The highest BCUT2D eigenvalue weighted by Crippen LogP contribution is 2.41. The van der Waals surface area contributed by atoms with Crippen molar-refractivity contribution in [2.75, 3.05) is 5.75 Å². The summed E-state index contributed by atoms with van der Waals surface area (Å²) in [6.45, 7) is 6.90. The van der Waals surface area contributed by atoms with Crippen LogP contribution < -0.4 is 5.32 Å². The highest BCUT2D eigenvalue weighted by molar-refractivity contribution is 8.00. The Morgan fingerprint density at radius 3 is 2.37 bits per heavy atom. The topological polar surface area (TPSA) is 64.1 Å². The number of hydrogen-bond donors (Lipinski definition) is 1. The van der Waals surface area contributed by atoms with Gasteiger partial charge in [-0.25, -0.2) is 9.97 Å². The molecule has 0 radical (unpaired) electrons. The number of aryl methyl sites for hydroxylation is 1. The van der Waals surface area contributed by atoms with Crippen molar-refractivity contribution >= 4 is 39.2 Å². The van der Waals surface area contributed by atoms with Crippen molar-refractivity contribution in [2.24, 2.45) is 0 Å². The first kappa shape index (κ1) is 24.0. The van der Waals surface area contributed by atoms with Gasteiger partial charge in [-0.3, -0.25) is 4.79 Å². The molecule has 2 aromatic carbocycles. The van der Waals surface area contributed by atoms with E-state index in [2.05, 4.69) is 26.1 Å². The third-order valence-electron chi connectivity index (χ3n) is 6.17. The number of nitrogens with zero attached hydrogens (tertiary/aromatic N) is 2. The van der Waals surface area contributed by atoms with Crippen LogP contribution in [0.15, 0.2) is 65.7 Å². The number of hydrogen-bond acceptors (Lipinski definition) is 6. The van der Waals surface area contributed by atoms with Crippen LogP contribution in [0.5, 0.6) is 0 Å². The first-order valence-corrected chi connectivity index (χ1v) is 13.7. The Morgan fingerprint density at radius 1 is 1.09 bits per heavy atom. The molecule has 2 aromatic heterocycles. The number of ether oxygens (including phenoxy) is 1. The molecule has 0 unspecified atom stereocenters. The maximum Gasteiger partial charge on any atom is 0.231 e. The van der Waals surface area contributed by atoms with Crippen molar-refractivity contribution in [2.45, 2.75) is 56.9 Å². The number of benzene rings is 2. The Balaban J connectivity index is 1.40. The van der Waals surface area contributed by atoms with E-state index in [4.69, 9.17) is 14.7 Å². The number of nitrogens with one attached hydrogen (secondary N) is 1. The average molecular weight is 504 g/mol. The summed E-state index contributed by atoms with van der Waals surface area (Å²) in [7, 11) is 0. The first-order valence-electron chi connectivity index (χ1n) is 11.9. The molecule has 1 aliphatic rings. The van der Waals surface area contributed by atoms with Crippen LogP contribution >= 0.6 is 23.1 Å². The van der Waals surface area contributed by atoms with Gasteiger partial charge in [0.2, 0.25) is 5.91 Å². The van der Waals surface area contributed by atoms with Gasteiger partial charge < -0.3 is 10.1 Å². The zero-order valence-corrected chi connectivity index (χ0v) is 21.8. The molecule has 1 N–H and O–H groups in total. The van der Waals surface area contributed by atoms with Crippen molar-refractivity contribution in [1.29, 1.82) is 0 Å². The molecule has 0 spiro atoms. The summed E-state index contributed by atoms with van der Waals surface area (Å²) < 4.78 is 6.04. The van der Waals surface area contributed by atoms with Crippen molar-refractivity contribution in [3.8, 4) is 0 Å². The maximum atomic E-state index is 13.2. The number of amides is 1. The van der Waals surface area contributed by atoms with Crippen molar-refractivity contribution in [1.82, 2.24) is 15.3 Å². The van der Waals surface area contributed by atoms with E-state index >= 15 is 0 Å². The molecule has 0 saturated carbocycles. The summed E-state index contributed by atoms with van der Waals surface area (Å²) in [5.74, 6) is 1.08. The van der Waals surface area contributed by atoms with E-state index in [0.29, 0.717) is 6.61 Å². The van der Waals surface area contributed by atoms with Crippen LogP contribution in [0.3, 0.4) is 0 Å². The number of aromatic nitrogens is 2. The lowest BCUT2D eigenvalue weighted by atomic mass is 9.95. The van der Waals surface area contributed by atoms with Crippen molar-refractivity contribution in [3.63, 3.8) is 0 Å². The lowest BCUT2D eigenvalue weighted by Crippen LogP contribution is -2.31. The second-order valence-electron chi connectivity index (χ2n) is 9.32. The second kappa shape index (κ2) is 10.1. The number of rotatable bonds is 7. The molecule has 5 nitrogen and oxygen atoms in total. The van der Waals surface area contributed by atoms with Crippen LogP contribution in [0.4, 0.5) is 0 Å². The fourth-order valence-electron chi connectivity index (χ4n) is 4.40. The second-order valence-corrected chi connectivity index (χ2v) is 11.4. The molecule has 4 aromatic rings. The van der Waals surface area contributed by atoms with E-state index in [1.807, 2.05) is 60.7 Å². The van der Waals surface area contributed by atoms with Crippen LogP contribution in [-0.2, 0) is 29.0 Å². The van der Waals surface area contributed by atoms with Gasteiger partial charge >= 0.3 is 0 Å². The third kappa shape index (κ3) is 5.27. The Labute approximate surface area is 214 Å². The zero-order chi connectivity index (χ0) is 24.4. The molecule has 0 bridgehead atoms. The van der Waals surface area contributed by atoms with Crippen molar-refractivity contribution in [3.05, 3.63) is 88.1 Å². The number of thiophene rings is 1. The summed E-state index contributed by atoms with van der Waals surface area (Å²) in [6.07, 6.45) is 1.57. The molecule has 1 aliphatic heterocycles. The van der Waals surface area contributed by atoms with E-state index < -0.39 is 0 Å². The first-order chi connectivity index (χ1) is 16.9. The molecule has 0 atom stereocenters. The van der Waals surface area contributed by atoms with Gasteiger partial charge in [0, 0.05) is 23.1 Å². The van der Waals surface area contributed by atoms with E-state index in [9.17, 15) is 4.79 Å². The molecular formula is C28H29N3O2S2. The Morgan fingerprint density at radius 2 is 1.74 bits per heavy atom. The lowest BCUT2D eigenvalue weighted by Gasteiger charge is -2.30. The monoisotopic (exact) mass is 503 g/mol. The van der Waals surface area contributed by atoms with Gasteiger partial charge in [-0.05, 0) is 30.5 Å². The van der Waals surface area contributed by atoms with Gasteiger partial charge in [-0.15, -0.1) is 11.3 Å². The summed E-state index contributed by atoms with van der Waals surface area (Å²) >= 11 is 3.19. The summed E-state index contributed by atoms with van der Waals surface area (Å²) in [6, 6.07) is 20.0. The Bertz CT molecular complexity index is 1300. The maximum absolute atomic E-state index is 13.2. The van der Waals surface area contributed by atoms with Gasteiger partial charge in [0.1, 0.15) is 15.7 Å². The Hall–Kier alpha value is -2.74. The van der Waals surface area contributed by atoms with Crippen LogP contribution in [0.2, 0.25) is 0 Å². The molecule has 5 rings (SSSR count). The lowest BCUT2D eigenvalue weighted by molar-refractivity contribution is -0.119. The van der Waals surface area contributed by atoms with Gasteiger partial charge in [0.25, 0.3) is 0 Å². The minimum absolute atomic E-state index is 0.0229. The molecule has 3 heterocycles. The molecular weight excluding hydrogens is 474 g/mol. The van der Waals surface area contributed by atoms with Gasteiger partial charge in [-0.2, -0.15) is 0 Å². The zero-order valence-electron chi connectivity index (χ0n) is 20.2. The molecule has 35 heavy (non-hydrogen) atoms. The molecule has 1 amide bonds. The van der Waals surface area contributed by atoms with E-state index in [0.717, 1.165) is 45.0 Å². The van der Waals surface area contributed by atoms with Crippen LogP contribution in [0.1, 0.15) is 54.2 Å². The van der Waals surface area contributed by atoms with Crippen LogP contribution in [-0.4, -0.2) is 27.2 Å². The van der Waals surface area contributed by atoms with Crippen LogP contribution in [0.25, 0.3) is 10.2 Å². The predicted molar refractivity (Wildman–Crippen MR) is 143 cm³/mol. The fraction of sp³-hybridized carbons (Fsp3) is 0.321. The van der Waals surface area contributed by atoms with E-state index in [1.165, 1.54) is 22.2 Å². The molecule has 180 valence electrons. The Kier molecular flexibility index (Phi) is 6.91. The summed E-state index contributed by atoms with van der Waals surface area (Å²) in [5, 5.41) is 5.24. The summed E-state index contributed by atoms with van der Waals surface area (Å²) in [4.78, 5) is 25.1. The number of fused-ring (bicyclic) bond motifs is 3. The number of carbonyl (C=O) groups excluding carboxylic acids is 1. The van der Waals surface area contributed by atoms with Crippen molar-refractivity contribution < 1.29 is 9.53 Å².